The summed E-state index contributed by atoms with van der Waals surface area (Å²) in [5.41, 5.74) is 4.42. The Hall–Kier alpha value is -3.13. The Morgan fingerprint density at radius 2 is 2.10 bits per heavy atom. The minimum Gasteiger partial charge on any atom is -0.497 e. The van der Waals surface area contributed by atoms with Crippen LogP contribution >= 0.6 is 0 Å². The zero-order valence-corrected chi connectivity index (χ0v) is 16.3. The quantitative estimate of drug-likeness (QED) is 0.706. The normalized spacial score (nSPS) is 15.0. The summed E-state index contributed by atoms with van der Waals surface area (Å²) in [5.74, 6) is -1.07. The first-order valence-electron chi connectivity index (χ1n) is 9.23. The van der Waals surface area contributed by atoms with E-state index >= 15 is 0 Å². The maximum atomic E-state index is 14.1. The van der Waals surface area contributed by atoms with Crippen molar-refractivity contribution in [1.29, 1.82) is 0 Å². The zero-order valence-electron chi connectivity index (χ0n) is 16.3. The standard InChI is InChI=1S/C21H23FN2O5/c1-3-9-21(27,20(23)26)24-11-16-15(19(24)25)5-4-6-18(16)29-12-13-10-14(28-2)7-8-17(13)22/h4-8,10,27H,3,9,11-12H2,1-2H3,(H2,23,26). The minimum atomic E-state index is -2.08. The number of aliphatic hydroxyl groups is 1. The molecule has 0 saturated carbocycles. The van der Waals surface area contributed by atoms with Gasteiger partial charge in [0.1, 0.15) is 23.9 Å². The van der Waals surface area contributed by atoms with Crippen LogP contribution in [0.25, 0.3) is 0 Å². The van der Waals surface area contributed by atoms with Gasteiger partial charge in [0.15, 0.2) is 0 Å². The van der Waals surface area contributed by atoms with Crippen molar-refractivity contribution in [3.05, 3.63) is 58.9 Å². The van der Waals surface area contributed by atoms with E-state index in [-0.39, 0.29) is 19.6 Å². The predicted octanol–water partition coefficient (Wildman–Crippen LogP) is 2.34. The number of carbonyl (C=O) groups is 2. The molecule has 1 aliphatic rings. The number of nitrogens with two attached hydrogens (primary N) is 1. The van der Waals surface area contributed by atoms with Crippen LogP contribution in [-0.4, -0.2) is 34.7 Å². The van der Waals surface area contributed by atoms with Gasteiger partial charge in [-0.1, -0.05) is 19.4 Å². The highest BCUT2D eigenvalue weighted by Crippen LogP contribution is 2.36. The molecule has 0 aromatic heterocycles. The molecule has 2 amide bonds. The van der Waals surface area contributed by atoms with Crippen LogP contribution in [0.2, 0.25) is 0 Å². The molecule has 0 saturated heterocycles. The van der Waals surface area contributed by atoms with Gasteiger partial charge >= 0.3 is 0 Å². The van der Waals surface area contributed by atoms with E-state index in [1.54, 1.807) is 25.1 Å². The molecule has 0 spiro atoms. The molecule has 0 aliphatic carbocycles. The van der Waals surface area contributed by atoms with Crippen molar-refractivity contribution in [2.75, 3.05) is 7.11 Å². The van der Waals surface area contributed by atoms with Crippen LogP contribution in [-0.2, 0) is 17.9 Å². The van der Waals surface area contributed by atoms with E-state index in [4.69, 9.17) is 15.2 Å². The summed E-state index contributed by atoms with van der Waals surface area (Å²) in [4.78, 5) is 25.8. The lowest BCUT2D eigenvalue weighted by Crippen LogP contribution is -2.57. The van der Waals surface area contributed by atoms with Crippen molar-refractivity contribution >= 4 is 11.8 Å². The molecule has 29 heavy (non-hydrogen) atoms. The molecule has 2 aromatic carbocycles. The van der Waals surface area contributed by atoms with Crippen LogP contribution in [0.5, 0.6) is 11.5 Å². The fraction of sp³-hybridized carbons (Fsp3) is 0.333. The van der Waals surface area contributed by atoms with Gasteiger partial charge < -0.3 is 20.3 Å². The number of fused-ring (bicyclic) bond motifs is 1. The number of halogens is 1. The van der Waals surface area contributed by atoms with Gasteiger partial charge in [0.2, 0.25) is 5.72 Å². The van der Waals surface area contributed by atoms with Crippen LogP contribution in [0.4, 0.5) is 4.39 Å². The van der Waals surface area contributed by atoms with Crippen LogP contribution < -0.4 is 15.2 Å². The third kappa shape index (κ3) is 3.75. The van der Waals surface area contributed by atoms with E-state index in [1.807, 2.05) is 0 Å². The third-order valence-electron chi connectivity index (χ3n) is 5.00. The smallest absolute Gasteiger partial charge is 0.270 e. The molecular weight excluding hydrogens is 379 g/mol. The Labute approximate surface area is 167 Å². The van der Waals surface area contributed by atoms with Gasteiger partial charge in [-0.15, -0.1) is 0 Å². The van der Waals surface area contributed by atoms with E-state index < -0.39 is 23.4 Å². The van der Waals surface area contributed by atoms with Crippen molar-refractivity contribution in [2.24, 2.45) is 5.73 Å². The van der Waals surface area contributed by atoms with Crippen LogP contribution in [0.1, 0.15) is 41.3 Å². The molecule has 3 N–H and O–H groups in total. The van der Waals surface area contributed by atoms with Crippen LogP contribution in [0.15, 0.2) is 36.4 Å². The molecule has 1 unspecified atom stereocenters. The van der Waals surface area contributed by atoms with Gasteiger partial charge in [-0.2, -0.15) is 0 Å². The molecule has 0 fully saturated rings. The molecule has 1 aliphatic heterocycles. The van der Waals surface area contributed by atoms with E-state index in [9.17, 15) is 19.1 Å². The Balaban J connectivity index is 1.87. The number of carbonyl (C=O) groups excluding carboxylic acids is 2. The summed E-state index contributed by atoms with van der Waals surface area (Å²) in [6, 6.07) is 9.19. The van der Waals surface area contributed by atoms with Crippen LogP contribution in [0.3, 0.4) is 0 Å². The Kier molecular flexibility index (Phi) is 5.74. The van der Waals surface area contributed by atoms with Gasteiger partial charge in [-0.25, -0.2) is 4.39 Å². The average Bonchev–Trinajstić information content (AvgIpc) is 3.05. The van der Waals surface area contributed by atoms with E-state index in [0.717, 1.165) is 4.90 Å². The lowest BCUT2D eigenvalue weighted by atomic mass is 10.1. The summed E-state index contributed by atoms with van der Waals surface area (Å²) in [6.07, 6.45) is 0.477. The van der Waals surface area contributed by atoms with E-state index in [0.29, 0.717) is 34.6 Å². The number of hydrogen-bond acceptors (Lipinski definition) is 5. The molecule has 1 heterocycles. The number of rotatable bonds is 8. The Morgan fingerprint density at radius 3 is 2.76 bits per heavy atom. The lowest BCUT2D eigenvalue weighted by molar-refractivity contribution is -0.156. The summed E-state index contributed by atoms with van der Waals surface area (Å²) in [6.45, 7) is 1.66. The van der Waals surface area contributed by atoms with Crippen molar-refractivity contribution in [2.45, 2.75) is 38.6 Å². The number of nitrogens with zero attached hydrogens (tertiary/aromatic N) is 1. The van der Waals surface area contributed by atoms with Gasteiger partial charge in [0.25, 0.3) is 11.8 Å². The molecule has 1 atom stereocenters. The first-order chi connectivity index (χ1) is 13.8. The summed E-state index contributed by atoms with van der Waals surface area (Å²) >= 11 is 0. The first-order valence-corrected chi connectivity index (χ1v) is 9.23. The Morgan fingerprint density at radius 1 is 1.34 bits per heavy atom. The Bertz CT molecular complexity index is 949. The number of benzene rings is 2. The second kappa shape index (κ2) is 8.08. The highest BCUT2D eigenvalue weighted by molar-refractivity contribution is 6.02. The third-order valence-corrected chi connectivity index (χ3v) is 5.00. The second-order valence-corrected chi connectivity index (χ2v) is 6.85. The number of primary amides is 1. The van der Waals surface area contributed by atoms with Crippen molar-refractivity contribution < 1.29 is 28.6 Å². The molecule has 3 rings (SSSR count). The maximum absolute atomic E-state index is 14.1. The molecule has 154 valence electrons. The van der Waals surface area contributed by atoms with Gasteiger partial charge in [-0.3, -0.25) is 14.5 Å². The topological polar surface area (TPSA) is 102 Å². The SMILES string of the molecule is CCCC(O)(C(N)=O)N1Cc2c(OCc3cc(OC)ccc3F)cccc2C1=O. The number of amides is 2. The second-order valence-electron chi connectivity index (χ2n) is 6.85. The van der Waals surface area contributed by atoms with E-state index in [2.05, 4.69) is 0 Å². The fourth-order valence-corrected chi connectivity index (χ4v) is 3.42. The molecular formula is C21H23FN2O5. The van der Waals surface area contributed by atoms with Crippen molar-refractivity contribution in [3.8, 4) is 11.5 Å². The zero-order chi connectivity index (χ0) is 21.2. The van der Waals surface area contributed by atoms with Gasteiger partial charge in [-0.05, 0) is 30.3 Å². The number of methoxy groups -OCH3 is 1. The average molecular weight is 402 g/mol. The summed E-state index contributed by atoms with van der Waals surface area (Å²) in [7, 11) is 1.48. The highest BCUT2D eigenvalue weighted by Gasteiger charge is 2.47. The largest absolute Gasteiger partial charge is 0.497 e. The van der Waals surface area contributed by atoms with Gasteiger partial charge in [0, 0.05) is 23.1 Å². The molecule has 8 heteroatoms. The monoisotopic (exact) mass is 402 g/mol. The maximum Gasteiger partial charge on any atom is 0.270 e. The highest BCUT2D eigenvalue weighted by atomic mass is 19.1. The number of hydrogen-bond donors (Lipinski definition) is 2. The minimum absolute atomic E-state index is 0.0211. The van der Waals surface area contributed by atoms with Crippen molar-refractivity contribution in [1.82, 2.24) is 4.90 Å². The molecule has 2 aromatic rings. The lowest BCUT2D eigenvalue weighted by Gasteiger charge is -2.34. The van der Waals surface area contributed by atoms with Crippen LogP contribution in [0, 0.1) is 5.82 Å². The van der Waals surface area contributed by atoms with Crippen molar-refractivity contribution in [3.63, 3.8) is 0 Å². The predicted molar refractivity (Wildman–Crippen MR) is 103 cm³/mol. The summed E-state index contributed by atoms with van der Waals surface area (Å²) in [5, 5.41) is 10.7. The number of ether oxygens (including phenoxy) is 2. The molecule has 7 nitrogen and oxygen atoms in total. The fourth-order valence-electron chi connectivity index (χ4n) is 3.42. The molecule has 0 bridgehead atoms. The van der Waals surface area contributed by atoms with E-state index in [1.165, 1.54) is 25.3 Å². The molecule has 0 radical (unpaired) electrons. The van der Waals surface area contributed by atoms with Gasteiger partial charge in [0.05, 0.1) is 13.7 Å². The first kappa shape index (κ1) is 20.6. The summed E-state index contributed by atoms with van der Waals surface area (Å²) < 4.78 is 24.9.